The monoisotopic (exact) mass is 409 g/mol. The number of pyridine rings is 2. The Hall–Kier alpha value is -3.94. The Kier molecular flexibility index (Phi) is 5.05. The molecule has 0 saturated heterocycles. The molecule has 0 unspecified atom stereocenters. The maximum absolute atomic E-state index is 12.8. The number of hydrogen-bond donors (Lipinski definition) is 1. The molecule has 0 spiro atoms. The van der Waals surface area contributed by atoms with E-state index in [2.05, 4.69) is 20.0 Å². The molecule has 2 heterocycles. The largest absolute Gasteiger partial charge is 0.573 e. The van der Waals surface area contributed by atoms with Gasteiger partial charge >= 0.3 is 6.36 Å². The number of carbonyl (C=O) groups excluding carboxylic acids is 1. The van der Waals surface area contributed by atoms with Gasteiger partial charge < -0.3 is 10.1 Å². The van der Waals surface area contributed by atoms with Gasteiger partial charge in [-0.2, -0.15) is 0 Å². The number of para-hydroxylation sites is 1. The first-order valence-electron chi connectivity index (χ1n) is 8.86. The van der Waals surface area contributed by atoms with Crippen molar-refractivity contribution in [2.75, 3.05) is 5.32 Å². The molecule has 0 bridgehead atoms. The molecular weight excluding hydrogens is 395 g/mol. The van der Waals surface area contributed by atoms with Gasteiger partial charge in [0.1, 0.15) is 5.75 Å². The molecule has 5 nitrogen and oxygen atoms in total. The van der Waals surface area contributed by atoms with E-state index in [4.69, 9.17) is 0 Å². The SMILES string of the molecule is O=C(Nc1cccnc1)c1cccc2ccc(-c3cccc(OC(F)(F)F)c3)nc12. The first-order chi connectivity index (χ1) is 14.4. The average Bonchev–Trinajstić information content (AvgIpc) is 2.72. The molecule has 4 rings (SSSR count). The van der Waals surface area contributed by atoms with Gasteiger partial charge in [0.05, 0.1) is 28.7 Å². The zero-order chi connectivity index (χ0) is 21.1. The number of fused-ring (bicyclic) bond motifs is 1. The minimum absolute atomic E-state index is 0.334. The molecule has 1 amide bonds. The molecule has 1 N–H and O–H groups in total. The first kappa shape index (κ1) is 19.4. The van der Waals surface area contributed by atoms with Crippen LogP contribution in [0.3, 0.4) is 0 Å². The van der Waals surface area contributed by atoms with Gasteiger partial charge in [-0.05, 0) is 36.4 Å². The van der Waals surface area contributed by atoms with E-state index in [1.807, 2.05) is 0 Å². The summed E-state index contributed by atoms with van der Waals surface area (Å²) < 4.78 is 41.5. The van der Waals surface area contributed by atoms with Crippen molar-refractivity contribution in [1.29, 1.82) is 0 Å². The van der Waals surface area contributed by atoms with Crippen molar-refractivity contribution in [1.82, 2.24) is 9.97 Å². The number of alkyl halides is 3. The Labute approximate surface area is 169 Å². The Morgan fingerprint density at radius 2 is 1.80 bits per heavy atom. The Balaban J connectivity index is 1.71. The second-order valence-corrected chi connectivity index (χ2v) is 6.35. The third-order valence-electron chi connectivity index (χ3n) is 4.25. The molecule has 4 aromatic rings. The van der Waals surface area contributed by atoms with Gasteiger partial charge in [-0.3, -0.25) is 9.78 Å². The number of rotatable bonds is 4. The van der Waals surface area contributed by atoms with Crippen LogP contribution in [-0.2, 0) is 0 Å². The number of anilines is 1. The Bertz CT molecular complexity index is 1210. The summed E-state index contributed by atoms with van der Waals surface area (Å²) in [5.41, 5.74) is 2.14. The van der Waals surface area contributed by atoms with Gasteiger partial charge in [-0.15, -0.1) is 13.2 Å². The predicted octanol–water partition coefficient (Wildman–Crippen LogP) is 5.45. The number of benzene rings is 2. The van der Waals surface area contributed by atoms with Crippen molar-refractivity contribution in [3.8, 4) is 17.0 Å². The summed E-state index contributed by atoms with van der Waals surface area (Å²) in [6.45, 7) is 0. The van der Waals surface area contributed by atoms with Crippen molar-refractivity contribution in [2.45, 2.75) is 6.36 Å². The van der Waals surface area contributed by atoms with Crippen LogP contribution >= 0.6 is 0 Å². The number of carbonyl (C=O) groups is 1. The zero-order valence-corrected chi connectivity index (χ0v) is 15.4. The molecule has 8 heteroatoms. The second kappa shape index (κ2) is 7.82. The summed E-state index contributed by atoms with van der Waals surface area (Å²) in [5, 5.41) is 3.48. The second-order valence-electron chi connectivity index (χ2n) is 6.35. The van der Waals surface area contributed by atoms with E-state index >= 15 is 0 Å². The average molecular weight is 409 g/mol. The van der Waals surface area contributed by atoms with Crippen LogP contribution in [0.1, 0.15) is 10.4 Å². The lowest BCUT2D eigenvalue weighted by Crippen LogP contribution is -2.17. The summed E-state index contributed by atoms with van der Waals surface area (Å²) in [6.07, 6.45) is -1.67. The molecule has 2 aromatic carbocycles. The van der Waals surface area contributed by atoms with Gasteiger partial charge in [0, 0.05) is 17.1 Å². The van der Waals surface area contributed by atoms with Gasteiger partial charge in [-0.1, -0.05) is 30.3 Å². The Morgan fingerprint density at radius 3 is 2.57 bits per heavy atom. The summed E-state index contributed by atoms with van der Waals surface area (Å²) in [4.78, 5) is 21.3. The van der Waals surface area contributed by atoms with Crippen molar-refractivity contribution in [3.05, 3.63) is 84.7 Å². The molecule has 0 atom stereocenters. The Morgan fingerprint density at radius 1 is 0.967 bits per heavy atom. The number of nitrogens with one attached hydrogen (secondary N) is 1. The van der Waals surface area contributed by atoms with Gasteiger partial charge in [-0.25, -0.2) is 4.98 Å². The lowest BCUT2D eigenvalue weighted by molar-refractivity contribution is -0.274. The van der Waals surface area contributed by atoms with Crippen LogP contribution in [0, 0.1) is 0 Å². The molecule has 0 aliphatic heterocycles. The number of amides is 1. The molecule has 0 aliphatic carbocycles. The smallest absolute Gasteiger partial charge is 0.406 e. The van der Waals surface area contributed by atoms with Crippen LogP contribution in [0.15, 0.2) is 79.1 Å². The molecule has 2 aromatic heterocycles. The van der Waals surface area contributed by atoms with Crippen molar-refractivity contribution >= 4 is 22.5 Å². The third kappa shape index (κ3) is 4.38. The summed E-state index contributed by atoms with van der Waals surface area (Å²) in [7, 11) is 0. The van der Waals surface area contributed by atoms with Crippen LogP contribution in [0.5, 0.6) is 5.75 Å². The number of aromatic nitrogens is 2. The number of hydrogen-bond acceptors (Lipinski definition) is 4. The highest BCUT2D eigenvalue weighted by Crippen LogP contribution is 2.29. The normalized spacial score (nSPS) is 11.3. The molecule has 0 radical (unpaired) electrons. The van der Waals surface area contributed by atoms with Crippen LogP contribution < -0.4 is 10.1 Å². The molecule has 0 fully saturated rings. The summed E-state index contributed by atoms with van der Waals surface area (Å²) >= 11 is 0. The van der Waals surface area contributed by atoms with E-state index in [0.29, 0.717) is 28.0 Å². The fraction of sp³-hybridized carbons (Fsp3) is 0.0455. The highest BCUT2D eigenvalue weighted by atomic mass is 19.4. The maximum atomic E-state index is 12.8. The molecule has 150 valence electrons. The van der Waals surface area contributed by atoms with Crippen molar-refractivity contribution in [3.63, 3.8) is 0 Å². The summed E-state index contributed by atoms with van der Waals surface area (Å²) in [6, 6.07) is 17.5. The van der Waals surface area contributed by atoms with E-state index in [-0.39, 0.29) is 11.7 Å². The number of nitrogens with zero attached hydrogens (tertiary/aromatic N) is 2. The molecule has 30 heavy (non-hydrogen) atoms. The van der Waals surface area contributed by atoms with Crippen LogP contribution in [0.2, 0.25) is 0 Å². The van der Waals surface area contributed by atoms with E-state index in [1.54, 1.807) is 54.7 Å². The van der Waals surface area contributed by atoms with Gasteiger partial charge in [0.2, 0.25) is 0 Å². The first-order valence-corrected chi connectivity index (χ1v) is 8.86. The highest BCUT2D eigenvalue weighted by Gasteiger charge is 2.31. The zero-order valence-electron chi connectivity index (χ0n) is 15.4. The topological polar surface area (TPSA) is 64.1 Å². The third-order valence-corrected chi connectivity index (χ3v) is 4.25. The van der Waals surface area contributed by atoms with Crippen molar-refractivity contribution < 1.29 is 22.7 Å². The minimum Gasteiger partial charge on any atom is -0.406 e. The molecule has 0 aliphatic rings. The quantitative estimate of drug-likeness (QED) is 0.487. The predicted molar refractivity (Wildman–Crippen MR) is 106 cm³/mol. The van der Waals surface area contributed by atoms with E-state index < -0.39 is 6.36 Å². The fourth-order valence-electron chi connectivity index (χ4n) is 2.98. The molecular formula is C22H14F3N3O2. The van der Waals surface area contributed by atoms with Gasteiger partial charge in [0.25, 0.3) is 5.91 Å². The standard InChI is InChI=1S/C22H14F3N3O2/c23-22(24,25)30-17-7-1-5-15(12-17)19-10-9-14-4-2-8-18(20(14)28-19)21(29)27-16-6-3-11-26-13-16/h1-13H,(H,27,29). The lowest BCUT2D eigenvalue weighted by atomic mass is 10.1. The number of halogens is 3. The van der Waals surface area contributed by atoms with Gasteiger partial charge in [0.15, 0.2) is 0 Å². The van der Waals surface area contributed by atoms with Crippen LogP contribution in [0.25, 0.3) is 22.2 Å². The number of ether oxygens (including phenoxy) is 1. The molecule has 0 saturated carbocycles. The minimum atomic E-state index is -4.78. The maximum Gasteiger partial charge on any atom is 0.573 e. The fourth-order valence-corrected chi connectivity index (χ4v) is 2.98. The van der Waals surface area contributed by atoms with Crippen LogP contribution in [-0.4, -0.2) is 22.2 Å². The summed E-state index contributed by atoms with van der Waals surface area (Å²) in [5.74, 6) is -0.711. The highest BCUT2D eigenvalue weighted by molar-refractivity contribution is 6.12. The van der Waals surface area contributed by atoms with E-state index in [1.165, 1.54) is 24.4 Å². The lowest BCUT2D eigenvalue weighted by Gasteiger charge is -2.11. The van der Waals surface area contributed by atoms with Crippen molar-refractivity contribution in [2.24, 2.45) is 0 Å². The van der Waals surface area contributed by atoms with Crippen LogP contribution in [0.4, 0.5) is 18.9 Å². The van der Waals surface area contributed by atoms with E-state index in [9.17, 15) is 18.0 Å². The van der Waals surface area contributed by atoms with E-state index in [0.717, 1.165) is 5.39 Å².